The van der Waals surface area contributed by atoms with Gasteiger partial charge in [0.1, 0.15) is 6.61 Å². The fraction of sp³-hybridized carbons (Fsp3) is 0.535. The largest absolute Gasteiger partial charge is 0.472 e. The van der Waals surface area contributed by atoms with E-state index in [-0.39, 0.29) is 26.1 Å². The van der Waals surface area contributed by atoms with Gasteiger partial charge in [-0.3, -0.25) is 18.6 Å². The van der Waals surface area contributed by atoms with Gasteiger partial charge in [-0.1, -0.05) is 123 Å². The molecule has 0 saturated carbocycles. The second-order valence-electron chi connectivity index (χ2n) is 11.8. The average molecular weight is 743 g/mol. The van der Waals surface area contributed by atoms with Crippen molar-refractivity contribution in [2.45, 2.75) is 130 Å². The molecule has 0 aliphatic carbocycles. The molecule has 292 valence electrons. The lowest BCUT2D eigenvalue weighted by Gasteiger charge is -2.19. The van der Waals surface area contributed by atoms with Crippen LogP contribution < -0.4 is 0 Å². The Labute approximate surface area is 315 Å². The van der Waals surface area contributed by atoms with Gasteiger partial charge < -0.3 is 14.4 Å². The predicted octanol–water partition coefficient (Wildman–Crippen LogP) is 11.9. The Morgan fingerprint density at radius 2 is 0.923 bits per heavy atom. The van der Waals surface area contributed by atoms with E-state index in [0.717, 1.165) is 70.6 Å². The number of allylic oxidation sites excluding steroid dienone is 18. The number of phosphoric ester groups is 1. The van der Waals surface area contributed by atoms with Gasteiger partial charge in [0.05, 0.1) is 13.2 Å². The maximum Gasteiger partial charge on any atom is 0.472 e. The maximum absolute atomic E-state index is 12.5. The van der Waals surface area contributed by atoms with Gasteiger partial charge in [0.15, 0.2) is 6.10 Å². The lowest BCUT2D eigenvalue weighted by molar-refractivity contribution is -0.161. The number of phosphoric acid groups is 1. The van der Waals surface area contributed by atoms with E-state index in [1.165, 1.54) is 0 Å². The van der Waals surface area contributed by atoms with Gasteiger partial charge >= 0.3 is 19.8 Å². The molecular weight excluding hydrogens is 675 g/mol. The fourth-order valence-electron chi connectivity index (χ4n) is 4.36. The first-order valence-corrected chi connectivity index (χ1v) is 20.7. The Morgan fingerprint density at radius 3 is 1.37 bits per heavy atom. The maximum atomic E-state index is 12.5. The van der Waals surface area contributed by atoms with Crippen LogP contribution >= 0.6 is 7.82 Å². The first-order valence-electron chi connectivity index (χ1n) is 19.2. The van der Waals surface area contributed by atoms with Crippen molar-refractivity contribution in [1.29, 1.82) is 0 Å². The number of hydrogen-bond donors (Lipinski definition) is 1. The Hall–Kier alpha value is -3.29. The third kappa shape index (κ3) is 36.5. The van der Waals surface area contributed by atoms with E-state index in [4.69, 9.17) is 18.5 Å². The molecule has 0 aromatic rings. The zero-order chi connectivity index (χ0) is 38.2. The highest BCUT2D eigenvalue weighted by Gasteiger charge is 2.25. The first kappa shape index (κ1) is 48.7. The number of ether oxygens (including phenoxy) is 2. The van der Waals surface area contributed by atoms with E-state index in [1.54, 1.807) is 6.92 Å². The van der Waals surface area contributed by atoms with Crippen LogP contribution in [0.25, 0.3) is 0 Å². The second-order valence-corrected chi connectivity index (χ2v) is 13.3. The van der Waals surface area contributed by atoms with Gasteiger partial charge in [-0.15, -0.1) is 0 Å². The monoisotopic (exact) mass is 742 g/mol. The summed E-state index contributed by atoms with van der Waals surface area (Å²) in [4.78, 5) is 34.6. The molecule has 8 nitrogen and oxygen atoms in total. The van der Waals surface area contributed by atoms with Crippen molar-refractivity contribution in [2.75, 3.05) is 19.8 Å². The van der Waals surface area contributed by atoms with Crippen LogP contribution in [0.2, 0.25) is 0 Å². The molecule has 0 radical (unpaired) electrons. The van der Waals surface area contributed by atoms with Crippen LogP contribution in [0, 0.1) is 0 Å². The first-order chi connectivity index (χ1) is 25.3. The number of carbonyl (C=O) groups excluding carboxylic acids is 2. The van der Waals surface area contributed by atoms with E-state index in [2.05, 4.69) is 117 Å². The summed E-state index contributed by atoms with van der Waals surface area (Å²) in [5, 5.41) is 0. The van der Waals surface area contributed by atoms with Crippen molar-refractivity contribution < 1.29 is 37.6 Å². The van der Waals surface area contributed by atoms with Crippen LogP contribution in [0.1, 0.15) is 124 Å². The SMILES string of the molecule is CC/C=C\C/C=C\C/C=C\C/C=C\C/C=C\CCCC(=O)OC(COC(=O)CCCC/C=C\C/C=C\C/C=C\C/C=C\CC)COP(=O)(O)OCC. The van der Waals surface area contributed by atoms with E-state index < -0.39 is 32.5 Å². The van der Waals surface area contributed by atoms with Crippen LogP contribution in [-0.2, 0) is 32.7 Å². The normalized spacial score (nSPS) is 14.6. The molecule has 0 amide bonds. The van der Waals surface area contributed by atoms with Crippen molar-refractivity contribution >= 4 is 19.8 Å². The summed E-state index contributed by atoms with van der Waals surface area (Å²) >= 11 is 0. The summed E-state index contributed by atoms with van der Waals surface area (Å²) in [5.74, 6) is -0.930. The predicted molar refractivity (Wildman–Crippen MR) is 216 cm³/mol. The summed E-state index contributed by atoms with van der Waals surface area (Å²) in [6, 6.07) is 0. The quantitative estimate of drug-likeness (QED) is 0.0306. The fourth-order valence-corrected chi connectivity index (χ4v) is 5.11. The topological polar surface area (TPSA) is 108 Å². The summed E-state index contributed by atoms with van der Waals surface area (Å²) in [6.07, 6.45) is 50.1. The molecule has 0 aliphatic rings. The van der Waals surface area contributed by atoms with Crippen LogP contribution in [0.15, 0.2) is 109 Å². The Balaban J connectivity index is 4.36. The lowest BCUT2D eigenvalue weighted by Crippen LogP contribution is -2.29. The van der Waals surface area contributed by atoms with Crippen molar-refractivity contribution in [1.82, 2.24) is 0 Å². The highest BCUT2D eigenvalue weighted by molar-refractivity contribution is 7.47. The standard InChI is InChI=1S/C43H67O8P/c1-4-7-9-11-13-15-17-19-21-22-24-26-28-30-32-34-36-38-43(45)51-41(40-50-52(46,47)49-6-3)39-48-42(44)37-35-33-31-29-27-25-23-20-18-16-14-12-10-8-5-2/h7-10,13-16,19-21,23-24,26-27,29-30,32,41H,4-6,11-12,17-18,22,25,28,31,33-40H2,1-3H3,(H,46,47)/b9-7-,10-8-,15-13-,16-14-,21-19-,23-20-,26-24-,29-27-,32-30-. The zero-order valence-electron chi connectivity index (χ0n) is 32.2. The molecule has 0 aromatic heterocycles. The summed E-state index contributed by atoms with van der Waals surface area (Å²) in [6.45, 7) is 5.08. The number of unbranched alkanes of at least 4 members (excludes halogenated alkanes) is 3. The van der Waals surface area contributed by atoms with Gasteiger partial charge in [-0.25, -0.2) is 4.57 Å². The minimum atomic E-state index is -4.31. The third-order valence-electron chi connectivity index (χ3n) is 7.07. The zero-order valence-corrected chi connectivity index (χ0v) is 33.1. The van der Waals surface area contributed by atoms with Gasteiger partial charge in [-0.05, 0) is 96.8 Å². The molecular formula is C43H67O8P. The molecule has 0 saturated heterocycles. The summed E-state index contributed by atoms with van der Waals surface area (Å²) in [5.41, 5.74) is 0. The lowest BCUT2D eigenvalue weighted by atomic mass is 10.2. The van der Waals surface area contributed by atoms with Crippen LogP contribution in [-0.4, -0.2) is 42.8 Å². The van der Waals surface area contributed by atoms with Crippen LogP contribution in [0.5, 0.6) is 0 Å². The summed E-state index contributed by atoms with van der Waals surface area (Å²) in [7, 11) is -4.31. The molecule has 0 aliphatic heterocycles. The molecule has 9 heteroatoms. The van der Waals surface area contributed by atoms with Crippen molar-refractivity contribution in [3.8, 4) is 0 Å². The van der Waals surface area contributed by atoms with E-state index >= 15 is 0 Å². The van der Waals surface area contributed by atoms with E-state index in [9.17, 15) is 19.0 Å². The minimum absolute atomic E-state index is 0.0239. The molecule has 2 atom stereocenters. The van der Waals surface area contributed by atoms with Crippen LogP contribution in [0.4, 0.5) is 0 Å². The van der Waals surface area contributed by atoms with E-state index in [0.29, 0.717) is 19.3 Å². The number of carbonyl (C=O) groups is 2. The second kappa shape index (κ2) is 37.5. The third-order valence-corrected chi connectivity index (χ3v) is 8.13. The molecule has 0 spiro atoms. The van der Waals surface area contributed by atoms with E-state index in [1.807, 2.05) is 6.08 Å². The van der Waals surface area contributed by atoms with Gasteiger partial charge in [-0.2, -0.15) is 0 Å². The van der Waals surface area contributed by atoms with Gasteiger partial charge in [0.2, 0.25) is 0 Å². The highest BCUT2D eigenvalue weighted by atomic mass is 31.2. The van der Waals surface area contributed by atoms with Gasteiger partial charge in [0, 0.05) is 12.8 Å². The Kier molecular flexibility index (Phi) is 35.1. The molecule has 0 aromatic carbocycles. The highest BCUT2D eigenvalue weighted by Crippen LogP contribution is 2.43. The van der Waals surface area contributed by atoms with Crippen molar-refractivity contribution in [3.05, 3.63) is 109 Å². The molecule has 0 rings (SSSR count). The Morgan fingerprint density at radius 1 is 0.519 bits per heavy atom. The average Bonchev–Trinajstić information content (AvgIpc) is 3.12. The molecule has 0 bridgehead atoms. The molecule has 2 unspecified atom stereocenters. The van der Waals surface area contributed by atoms with Crippen molar-refractivity contribution in [3.63, 3.8) is 0 Å². The molecule has 1 N–H and O–H groups in total. The Bertz CT molecular complexity index is 1210. The smallest absolute Gasteiger partial charge is 0.462 e. The molecule has 52 heavy (non-hydrogen) atoms. The van der Waals surface area contributed by atoms with Crippen molar-refractivity contribution in [2.24, 2.45) is 0 Å². The van der Waals surface area contributed by atoms with Gasteiger partial charge in [0.25, 0.3) is 0 Å². The van der Waals surface area contributed by atoms with Crippen LogP contribution in [0.3, 0.4) is 0 Å². The molecule has 0 heterocycles. The molecule has 0 fully saturated rings. The number of esters is 2. The number of rotatable bonds is 33. The number of hydrogen-bond acceptors (Lipinski definition) is 7. The summed E-state index contributed by atoms with van der Waals surface area (Å²) < 4.78 is 32.4. The minimum Gasteiger partial charge on any atom is -0.462 e.